The van der Waals surface area contributed by atoms with Gasteiger partial charge in [-0.3, -0.25) is 14.9 Å². The molecule has 28 heavy (non-hydrogen) atoms. The lowest BCUT2D eigenvalue weighted by Gasteiger charge is -2.12. The number of carbonyl (C=O) groups excluding carboxylic acids is 1. The molecule has 0 fully saturated rings. The quantitative estimate of drug-likeness (QED) is 0.406. The molecule has 0 aliphatic heterocycles. The van der Waals surface area contributed by atoms with Gasteiger partial charge in [0.25, 0.3) is 11.6 Å². The van der Waals surface area contributed by atoms with E-state index in [2.05, 4.69) is 0 Å². The largest absolute Gasteiger partial charge is 0.456 e. The topological polar surface area (TPSA) is 116 Å². The van der Waals surface area contributed by atoms with Crippen molar-refractivity contribution in [2.24, 2.45) is 0 Å². The molecule has 0 aliphatic carbocycles. The van der Waals surface area contributed by atoms with Crippen LogP contribution in [0.3, 0.4) is 0 Å². The van der Waals surface area contributed by atoms with E-state index in [1.165, 1.54) is 0 Å². The molecule has 0 atom stereocenters. The summed E-state index contributed by atoms with van der Waals surface area (Å²) in [4.78, 5) is 22.2. The van der Waals surface area contributed by atoms with Gasteiger partial charge in [-0.25, -0.2) is 8.42 Å². The standard InChI is InChI=1S/C15H10ClF3N2O6S/c16-11-5-8(15(17,18)19)1-4-13(11)27-9-2-3-12(21(23)24)10(6-9)14(22)20-7-28(25)26/h1-6,28H,7H2,(H,20,22). The lowest BCUT2D eigenvalue weighted by atomic mass is 10.1. The summed E-state index contributed by atoms with van der Waals surface area (Å²) in [5.41, 5.74) is -2.12. The zero-order chi connectivity index (χ0) is 21.1. The number of halogens is 4. The molecule has 0 aromatic heterocycles. The number of nitrogens with zero attached hydrogens (tertiary/aromatic N) is 1. The van der Waals surface area contributed by atoms with Crippen molar-refractivity contribution in [3.8, 4) is 11.5 Å². The Bertz CT molecular complexity index is 1000. The smallest absolute Gasteiger partial charge is 0.416 e. The number of amides is 1. The highest BCUT2D eigenvalue weighted by Gasteiger charge is 2.31. The first-order valence-electron chi connectivity index (χ1n) is 7.22. The molecule has 0 unspecified atom stereocenters. The van der Waals surface area contributed by atoms with Crippen LogP contribution < -0.4 is 10.1 Å². The maximum Gasteiger partial charge on any atom is 0.416 e. The summed E-state index contributed by atoms with van der Waals surface area (Å²) >= 11 is 5.77. The van der Waals surface area contributed by atoms with E-state index in [0.717, 1.165) is 30.3 Å². The summed E-state index contributed by atoms with van der Waals surface area (Å²) < 4.78 is 64.4. The van der Waals surface area contributed by atoms with E-state index in [1.54, 1.807) is 0 Å². The van der Waals surface area contributed by atoms with Crippen LogP contribution in [0.15, 0.2) is 36.4 Å². The summed E-state index contributed by atoms with van der Waals surface area (Å²) in [6.07, 6.45) is -4.61. The number of nitro groups is 1. The lowest BCUT2D eigenvalue weighted by molar-refractivity contribution is -0.385. The third-order valence-corrected chi connectivity index (χ3v) is 3.98. The molecule has 0 saturated carbocycles. The Labute approximate surface area is 162 Å². The van der Waals surface area contributed by atoms with Gasteiger partial charge in [0.15, 0.2) is 10.7 Å². The number of benzene rings is 2. The number of nitrogens with one attached hydrogen (secondary N) is 1. The van der Waals surface area contributed by atoms with Crippen LogP contribution in [0.1, 0.15) is 15.9 Å². The normalized spacial score (nSPS) is 11.3. The molecular weight excluding hydrogens is 429 g/mol. The van der Waals surface area contributed by atoms with Crippen LogP contribution in [0.25, 0.3) is 0 Å². The number of hydrogen-bond donors (Lipinski definition) is 2. The summed E-state index contributed by atoms with van der Waals surface area (Å²) in [5, 5.41) is 12.7. The predicted octanol–water partition coefficient (Wildman–Crippen LogP) is 3.36. The van der Waals surface area contributed by atoms with E-state index in [-0.39, 0.29) is 16.5 Å². The minimum Gasteiger partial charge on any atom is -0.456 e. The number of nitro benzene ring substituents is 1. The number of rotatable bonds is 6. The van der Waals surface area contributed by atoms with Crippen molar-refractivity contribution in [1.29, 1.82) is 0 Å². The summed E-state index contributed by atoms with van der Waals surface area (Å²) in [5.74, 6) is -2.10. The molecule has 0 spiro atoms. The second-order valence-corrected chi connectivity index (χ2v) is 6.57. The lowest BCUT2D eigenvalue weighted by Crippen LogP contribution is -2.25. The highest BCUT2D eigenvalue weighted by atomic mass is 35.5. The second kappa shape index (κ2) is 8.44. The molecule has 1 N–H and O–H groups in total. The summed E-state index contributed by atoms with van der Waals surface area (Å²) in [6.45, 7) is 0. The van der Waals surface area contributed by atoms with Gasteiger partial charge in [0.1, 0.15) is 22.9 Å². The van der Waals surface area contributed by atoms with E-state index in [9.17, 15) is 36.5 Å². The van der Waals surface area contributed by atoms with Crippen LogP contribution >= 0.6 is 11.6 Å². The molecule has 2 aromatic rings. The van der Waals surface area contributed by atoms with Gasteiger partial charge in [-0.05, 0) is 24.3 Å². The van der Waals surface area contributed by atoms with Crippen molar-refractivity contribution < 1.29 is 36.0 Å². The highest BCUT2D eigenvalue weighted by molar-refractivity contribution is 7.72. The molecule has 13 heteroatoms. The molecule has 1 amide bonds. The Kier molecular flexibility index (Phi) is 6.46. The van der Waals surface area contributed by atoms with E-state index in [0.29, 0.717) is 6.07 Å². The minimum atomic E-state index is -4.61. The number of alkyl halides is 3. The van der Waals surface area contributed by atoms with Crippen LogP contribution in [0.4, 0.5) is 18.9 Å². The number of hydrogen-bond acceptors (Lipinski definition) is 6. The van der Waals surface area contributed by atoms with Gasteiger partial charge in [-0.15, -0.1) is 0 Å². The Morgan fingerprint density at radius 2 is 1.89 bits per heavy atom. The highest BCUT2D eigenvalue weighted by Crippen LogP contribution is 2.37. The molecule has 0 heterocycles. The Balaban J connectivity index is 2.35. The zero-order valence-electron chi connectivity index (χ0n) is 13.5. The SMILES string of the molecule is O=C(NC[SH](=O)=O)c1cc(Oc2ccc(C(F)(F)F)cc2Cl)ccc1[N+](=O)[O-]. The van der Waals surface area contributed by atoms with Crippen molar-refractivity contribution in [2.75, 3.05) is 5.88 Å². The van der Waals surface area contributed by atoms with E-state index < -0.39 is 50.4 Å². The number of thiol groups is 1. The molecule has 0 radical (unpaired) electrons. The molecule has 150 valence electrons. The van der Waals surface area contributed by atoms with Gasteiger partial charge in [0.2, 0.25) is 0 Å². The van der Waals surface area contributed by atoms with Crippen LogP contribution in [-0.2, 0) is 16.9 Å². The second-order valence-electron chi connectivity index (χ2n) is 5.18. The first-order valence-corrected chi connectivity index (χ1v) is 8.96. The molecular formula is C15H10ClF3N2O6S. The molecule has 8 nitrogen and oxygen atoms in total. The Hall–Kier alpha value is -2.86. The molecule has 0 bridgehead atoms. The fourth-order valence-electron chi connectivity index (χ4n) is 2.04. The fourth-order valence-corrected chi connectivity index (χ4v) is 2.53. The monoisotopic (exact) mass is 438 g/mol. The Morgan fingerprint density at radius 3 is 2.43 bits per heavy atom. The first kappa shape index (κ1) is 21.4. The summed E-state index contributed by atoms with van der Waals surface area (Å²) in [6, 6.07) is 5.30. The average molecular weight is 439 g/mol. The van der Waals surface area contributed by atoms with Crippen LogP contribution in [-0.4, -0.2) is 25.1 Å². The van der Waals surface area contributed by atoms with Gasteiger partial charge in [-0.1, -0.05) is 11.6 Å². The average Bonchev–Trinajstić information content (AvgIpc) is 2.60. The number of ether oxygens (including phenoxy) is 1. The van der Waals surface area contributed by atoms with Gasteiger partial charge < -0.3 is 10.1 Å². The molecule has 2 rings (SSSR count). The molecule has 2 aromatic carbocycles. The summed E-state index contributed by atoms with van der Waals surface area (Å²) in [7, 11) is -2.96. The van der Waals surface area contributed by atoms with Gasteiger partial charge in [-0.2, -0.15) is 13.2 Å². The third kappa shape index (κ3) is 5.33. The van der Waals surface area contributed by atoms with Crippen molar-refractivity contribution in [3.63, 3.8) is 0 Å². The maximum atomic E-state index is 12.7. The van der Waals surface area contributed by atoms with Crippen LogP contribution in [0, 0.1) is 10.1 Å². The first-order chi connectivity index (χ1) is 13.0. The molecule has 0 saturated heterocycles. The van der Waals surface area contributed by atoms with Gasteiger partial charge in [0, 0.05) is 12.1 Å². The molecule has 0 aliphatic rings. The predicted molar refractivity (Wildman–Crippen MR) is 92.3 cm³/mol. The van der Waals surface area contributed by atoms with Crippen molar-refractivity contribution in [3.05, 3.63) is 62.7 Å². The van der Waals surface area contributed by atoms with Crippen molar-refractivity contribution >= 4 is 33.9 Å². The van der Waals surface area contributed by atoms with Crippen LogP contribution in [0.5, 0.6) is 11.5 Å². The third-order valence-electron chi connectivity index (χ3n) is 3.27. The minimum absolute atomic E-state index is 0.135. The van der Waals surface area contributed by atoms with E-state index in [1.807, 2.05) is 5.32 Å². The van der Waals surface area contributed by atoms with E-state index in [4.69, 9.17) is 16.3 Å². The number of carbonyl (C=O) groups is 1. The Morgan fingerprint density at radius 1 is 1.21 bits per heavy atom. The van der Waals surface area contributed by atoms with Crippen molar-refractivity contribution in [2.45, 2.75) is 6.18 Å². The van der Waals surface area contributed by atoms with Crippen molar-refractivity contribution in [1.82, 2.24) is 5.32 Å². The maximum absolute atomic E-state index is 12.7. The zero-order valence-corrected chi connectivity index (χ0v) is 15.2. The fraction of sp³-hybridized carbons (Fsp3) is 0.133. The van der Waals surface area contributed by atoms with Gasteiger partial charge in [0.05, 0.1) is 15.5 Å². The van der Waals surface area contributed by atoms with Gasteiger partial charge >= 0.3 is 6.18 Å². The van der Waals surface area contributed by atoms with E-state index >= 15 is 0 Å². The van der Waals surface area contributed by atoms with Crippen LogP contribution in [0.2, 0.25) is 5.02 Å².